The molecule has 9 heteroatoms. The van der Waals surface area contributed by atoms with Gasteiger partial charge in [-0.25, -0.2) is 13.6 Å². The maximum absolute atomic E-state index is 13.5. The predicted molar refractivity (Wildman–Crippen MR) is 142 cm³/mol. The van der Waals surface area contributed by atoms with Crippen molar-refractivity contribution in [2.24, 2.45) is 0 Å². The lowest BCUT2D eigenvalue weighted by molar-refractivity contribution is 0.0813. The Morgan fingerprint density at radius 3 is 2.36 bits per heavy atom. The molecular formula is C30H30F2N4O3. The average molecular weight is 533 g/mol. The number of ether oxygens (including phenoxy) is 1. The molecule has 2 heterocycles. The number of phenols is 1. The lowest BCUT2D eigenvalue weighted by Gasteiger charge is -2.41. The molecule has 2 amide bonds. The van der Waals surface area contributed by atoms with E-state index in [9.17, 15) is 18.7 Å². The molecule has 2 bridgehead atoms. The number of hydrogen-bond acceptors (Lipinski definition) is 5. The minimum absolute atomic E-state index is 0.172. The number of carbonyl (C=O) groups excluding carboxylic acids is 1. The van der Waals surface area contributed by atoms with Crippen LogP contribution in [0.4, 0.5) is 19.3 Å². The zero-order chi connectivity index (χ0) is 27.4. The summed E-state index contributed by atoms with van der Waals surface area (Å²) in [6, 6.07) is 19.7. The van der Waals surface area contributed by atoms with Crippen LogP contribution < -0.4 is 10.1 Å². The molecule has 3 aromatic rings. The molecule has 2 aliphatic rings. The summed E-state index contributed by atoms with van der Waals surface area (Å²) in [6.45, 7) is 2.02. The van der Waals surface area contributed by atoms with Crippen LogP contribution in [0.1, 0.15) is 42.9 Å². The van der Waals surface area contributed by atoms with Crippen molar-refractivity contribution < 1.29 is 23.4 Å². The number of anilines is 1. The summed E-state index contributed by atoms with van der Waals surface area (Å²) in [4.78, 5) is 17.0. The number of hydrogen-bond donors (Lipinski definition) is 2. The van der Waals surface area contributed by atoms with Gasteiger partial charge in [-0.1, -0.05) is 12.1 Å². The van der Waals surface area contributed by atoms with Gasteiger partial charge in [-0.2, -0.15) is 5.26 Å². The summed E-state index contributed by atoms with van der Waals surface area (Å²) >= 11 is 0. The molecule has 5 rings (SSSR count). The Balaban J connectivity index is 1.18. The Labute approximate surface area is 226 Å². The number of urea groups is 1. The van der Waals surface area contributed by atoms with E-state index in [0.717, 1.165) is 49.9 Å². The lowest BCUT2D eigenvalue weighted by atomic mass is 10.0. The average Bonchev–Trinajstić information content (AvgIpc) is 3.17. The largest absolute Gasteiger partial charge is 0.508 e. The predicted octanol–water partition coefficient (Wildman–Crippen LogP) is 5.82. The van der Waals surface area contributed by atoms with Crippen molar-refractivity contribution in [3.05, 3.63) is 89.5 Å². The molecule has 39 heavy (non-hydrogen) atoms. The van der Waals surface area contributed by atoms with Gasteiger partial charge in [0.25, 0.3) is 0 Å². The molecule has 0 saturated carbocycles. The highest BCUT2D eigenvalue weighted by atomic mass is 19.2. The fourth-order valence-electron chi connectivity index (χ4n) is 5.51. The van der Waals surface area contributed by atoms with Gasteiger partial charge in [-0.3, -0.25) is 4.90 Å². The fourth-order valence-corrected chi connectivity index (χ4v) is 5.51. The highest BCUT2D eigenvalue weighted by Crippen LogP contribution is 2.33. The second kappa shape index (κ2) is 11.7. The Hall–Kier alpha value is -4.16. The van der Waals surface area contributed by atoms with Crippen LogP contribution in [0, 0.1) is 23.0 Å². The highest BCUT2D eigenvalue weighted by Gasteiger charge is 2.41. The Morgan fingerprint density at radius 2 is 1.72 bits per heavy atom. The van der Waals surface area contributed by atoms with Crippen molar-refractivity contribution in [3.8, 4) is 17.6 Å². The van der Waals surface area contributed by atoms with Gasteiger partial charge in [0.1, 0.15) is 17.6 Å². The Kier molecular flexibility index (Phi) is 7.94. The summed E-state index contributed by atoms with van der Waals surface area (Å²) < 4.78 is 33.0. The minimum atomic E-state index is -0.994. The molecule has 3 unspecified atom stereocenters. The fraction of sp³-hybridized carbons (Fsp3) is 0.333. The number of nitrogens with zero attached hydrogens (tertiary/aromatic N) is 3. The molecule has 0 aromatic heterocycles. The van der Waals surface area contributed by atoms with Crippen LogP contribution in [0.25, 0.3) is 0 Å². The number of fused-ring (bicyclic) bond motifs is 2. The number of carbonyl (C=O) groups is 1. The van der Waals surface area contributed by atoms with E-state index in [1.54, 1.807) is 41.3 Å². The summed E-state index contributed by atoms with van der Waals surface area (Å²) in [6.07, 6.45) is 3.41. The van der Waals surface area contributed by atoms with Crippen molar-refractivity contribution in [2.45, 2.75) is 43.9 Å². The van der Waals surface area contributed by atoms with Crippen molar-refractivity contribution >= 4 is 11.7 Å². The summed E-state index contributed by atoms with van der Waals surface area (Å²) in [5, 5.41) is 21.4. The number of phenolic OH excluding ortho intramolecular Hbond substituents is 1. The standard InChI is InChI=1S/C30H30F2N4O3/c31-27-14-7-22(16-28(27)32)34-30(38)35-18-23-8-9-24(19-35)36(23)15-1-2-29(21-5-3-20(17-33)4-6-21)39-26-12-10-25(37)11-13-26/h3-7,10-14,16,23-24,29,37H,1-2,8-9,15,18-19H2,(H,34,38). The minimum Gasteiger partial charge on any atom is -0.508 e. The first-order chi connectivity index (χ1) is 18.9. The highest BCUT2D eigenvalue weighted by molar-refractivity contribution is 5.89. The number of piperazine rings is 1. The number of aromatic hydroxyl groups is 1. The normalized spacial score (nSPS) is 19.4. The maximum atomic E-state index is 13.5. The molecule has 0 radical (unpaired) electrons. The SMILES string of the molecule is N#Cc1ccc(C(CCCN2C3CCC2CN(C(=O)Nc2ccc(F)c(F)c2)C3)Oc2ccc(O)cc2)cc1. The number of halogens is 2. The van der Waals surface area contributed by atoms with Gasteiger partial charge in [0.15, 0.2) is 11.6 Å². The first-order valence-electron chi connectivity index (χ1n) is 13.1. The summed E-state index contributed by atoms with van der Waals surface area (Å²) in [7, 11) is 0. The van der Waals surface area contributed by atoms with Gasteiger partial charge in [-0.15, -0.1) is 0 Å². The van der Waals surface area contributed by atoms with Gasteiger partial charge in [0.2, 0.25) is 0 Å². The van der Waals surface area contributed by atoms with Crippen LogP contribution in [-0.2, 0) is 0 Å². The molecule has 3 atom stereocenters. The van der Waals surface area contributed by atoms with Crippen LogP contribution in [0.15, 0.2) is 66.7 Å². The molecule has 2 N–H and O–H groups in total. The topological polar surface area (TPSA) is 88.8 Å². The van der Waals surface area contributed by atoms with Crippen molar-refractivity contribution in [1.29, 1.82) is 5.26 Å². The third-order valence-electron chi connectivity index (χ3n) is 7.50. The number of amides is 2. The number of nitrogens with one attached hydrogen (secondary N) is 1. The third kappa shape index (κ3) is 6.29. The van der Waals surface area contributed by atoms with E-state index in [2.05, 4.69) is 16.3 Å². The monoisotopic (exact) mass is 532 g/mol. The first kappa shape index (κ1) is 26.4. The van der Waals surface area contributed by atoms with E-state index in [1.165, 1.54) is 6.07 Å². The van der Waals surface area contributed by atoms with Crippen molar-refractivity contribution in [3.63, 3.8) is 0 Å². The number of nitriles is 1. The van der Waals surface area contributed by atoms with E-state index in [1.807, 2.05) is 12.1 Å². The van der Waals surface area contributed by atoms with Crippen LogP contribution in [-0.4, -0.2) is 52.7 Å². The smallest absolute Gasteiger partial charge is 0.321 e. The second-order valence-electron chi connectivity index (χ2n) is 10.1. The first-order valence-corrected chi connectivity index (χ1v) is 13.1. The molecule has 3 aromatic carbocycles. The zero-order valence-electron chi connectivity index (χ0n) is 21.4. The maximum Gasteiger partial charge on any atom is 0.321 e. The molecule has 2 saturated heterocycles. The van der Waals surface area contributed by atoms with Crippen LogP contribution in [0.3, 0.4) is 0 Å². The third-order valence-corrected chi connectivity index (χ3v) is 7.50. The molecule has 0 aliphatic carbocycles. The van der Waals surface area contributed by atoms with E-state index in [-0.39, 0.29) is 35.7 Å². The summed E-state index contributed by atoms with van der Waals surface area (Å²) in [5.41, 5.74) is 1.80. The number of likely N-dealkylation sites (tertiary alicyclic amines) is 1. The Bertz CT molecular complexity index is 1330. The van der Waals surface area contributed by atoms with Crippen molar-refractivity contribution in [1.82, 2.24) is 9.80 Å². The lowest BCUT2D eigenvalue weighted by Crippen LogP contribution is -2.56. The molecule has 7 nitrogen and oxygen atoms in total. The molecule has 2 fully saturated rings. The number of benzene rings is 3. The van der Waals surface area contributed by atoms with Crippen LogP contribution in [0.2, 0.25) is 0 Å². The van der Waals surface area contributed by atoms with Gasteiger partial charge < -0.3 is 20.1 Å². The van der Waals surface area contributed by atoms with E-state index >= 15 is 0 Å². The van der Waals surface area contributed by atoms with Gasteiger partial charge in [0, 0.05) is 36.9 Å². The molecule has 2 aliphatic heterocycles. The zero-order valence-corrected chi connectivity index (χ0v) is 21.4. The van der Waals surface area contributed by atoms with Gasteiger partial charge in [-0.05, 0) is 86.3 Å². The van der Waals surface area contributed by atoms with E-state index in [0.29, 0.717) is 24.4 Å². The summed E-state index contributed by atoms with van der Waals surface area (Å²) in [5.74, 6) is -1.12. The van der Waals surface area contributed by atoms with E-state index < -0.39 is 11.6 Å². The van der Waals surface area contributed by atoms with E-state index in [4.69, 9.17) is 10.00 Å². The van der Waals surface area contributed by atoms with Crippen LogP contribution in [0.5, 0.6) is 11.5 Å². The van der Waals surface area contributed by atoms with Gasteiger partial charge in [0.05, 0.1) is 11.6 Å². The Morgan fingerprint density at radius 1 is 1.03 bits per heavy atom. The second-order valence-corrected chi connectivity index (χ2v) is 10.1. The van der Waals surface area contributed by atoms with Gasteiger partial charge >= 0.3 is 6.03 Å². The number of rotatable bonds is 8. The molecular weight excluding hydrogens is 502 g/mol. The van der Waals surface area contributed by atoms with Crippen LogP contribution >= 0.6 is 0 Å². The molecule has 0 spiro atoms. The quantitative estimate of drug-likeness (QED) is 0.382. The molecule has 202 valence electrons. The van der Waals surface area contributed by atoms with Crippen molar-refractivity contribution in [2.75, 3.05) is 25.0 Å².